The van der Waals surface area contributed by atoms with Crippen LogP contribution in [0.3, 0.4) is 0 Å². The summed E-state index contributed by atoms with van der Waals surface area (Å²) in [6.07, 6.45) is 7.95. The number of aromatic nitrogens is 2. The van der Waals surface area contributed by atoms with Crippen LogP contribution in [0.5, 0.6) is 0 Å². The maximum Gasteiger partial charge on any atom is 0.337 e. The van der Waals surface area contributed by atoms with E-state index in [1.807, 2.05) is 18.2 Å². The lowest BCUT2D eigenvalue weighted by Crippen LogP contribution is -2.60. The second kappa shape index (κ2) is 9.49. The molecule has 2 aromatic rings. The van der Waals surface area contributed by atoms with Crippen molar-refractivity contribution in [1.82, 2.24) is 14.5 Å². The molecule has 3 rings (SSSR count). The van der Waals surface area contributed by atoms with Crippen molar-refractivity contribution >= 4 is 23.0 Å². The number of carbonyl (C=O) groups is 2. The first-order chi connectivity index (χ1) is 14.4. The summed E-state index contributed by atoms with van der Waals surface area (Å²) >= 11 is 0. The molecule has 1 saturated carbocycles. The van der Waals surface area contributed by atoms with Gasteiger partial charge < -0.3 is 11.1 Å². The number of nitrogens with two attached hydrogens (primary N) is 1. The van der Waals surface area contributed by atoms with Crippen LogP contribution >= 0.6 is 0 Å². The van der Waals surface area contributed by atoms with Crippen molar-refractivity contribution in [2.75, 3.05) is 0 Å². The summed E-state index contributed by atoms with van der Waals surface area (Å²) in [6, 6.07) is 6.76. The van der Waals surface area contributed by atoms with E-state index in [1.165, 1.54) is 4.57 Å². The summed E-state index contributed by atoms with van der Waals surface area (Å²) in [5.74, 6) is -0.154. The first-order valence-electron chi connectivity index (χ1n) is 11.3. The highest BCUT2D eigenvalue weighted by Gasteiger charge is 2.40. The molecule has 1 aliphatic rings. The number of imidazole rings is 1. The lowest BCUT2D eigenvalue weighted by Gasteiger charge is -2.34. The molecule has 1 aliphatic carbocycles. The number of fused-ring (bicyclic) bond motifs is 1. The molecular formula is C23H34N4O3. The molecule has 1 aromatic heterocycles. The molecular weight excluding hydrogens is 380 g/mol. The number of nitrogens with one attached hydrogen (secondary N) is 1. The number of rotatable bonds is 8. The predicted molar refractivity (Wildman–Crippen MR) is 118 cm³/mol. The number of carbonyl (C=O) groups excluding carboxylic acids is 2. The Balaban J connectivity index is 1.98. The minimum Gasteiger partial charge on any atom is -0.368 e. The van der Waals surface area contributed by atoms with E-state index in [2.05, 4.69) is 19.2 Å². The Morgan fingerprint density at radius 3 is 2.40 bits per heavy atom. The summed E-state index contributed by atoms with van der Waals surface area (Å²) in [6.45, 7) is 4.88. The number of para-hydroxylation sites is 2. The summed E-state index contributed by atoms with van der Waals surface area (Å²) < 4.78 is 2.87. The monoisotopic (exact) mass is 414 g/mol. The number of hydrogen-bond donors (Lipinski definition) is 2. The van der Waals surface area contributed by atoms with Crippen LogP contribution in [0, 0.1) is 5.92 Å². The Hall–Kier alpha value is -2.57. The van der Waals surface area contributed by atoms with E-state index >= 15 is 0 Å². The van der Waals surface area contributed by atoms with Gasteiger partial charge in [0.05, 0.1) is 11.0 Å². The topological polar surface area (TPSA) is 99.1 Å². The largest absolute Gasteiger partial charge is 0.368 e. The van der Waals surface area contributed by atoms with Gasteiger partial charge in [-0.15, -0.1) is 0 Å². The fourth-order valence-corrected chi connectivity index (χ4v) is 4.61. The maximum atomic E-state index is 13.3. The van der Waals surface area contributed by atoms with Crippen LogP contribution in [-0.4, -0.2) is 26.6 Å². The summed E-state index contributed by atoms with van der Waals surface area (Å²) in [4.78, 5) is 38.7. The minimum absolute atomic E-state index is 0.362. The first kappa shape index (κ1) is 22.1. The summed E-state index contributed by atoms with van der Waals surface area (Å²) in [5, 5.41) is 2.83. The molecule has 2 amide bonds. The van der Waals surface area contributed by atoms with Gasteiger partial charge in [-0.1, -0.05) is 64.5 Å². The van der Waals surface area contributed by atoms with E-state index in [-0.39, 0.29) is 5.69 Å². The van der Waals surface area contributed by atoms with Crippen molar-refractivity contribution in [1.29, 1.82) is 0 Å². The van der Waals surface area contributed by atoms with Gasteiger partial charge in [0.2, 0.25) is 5.91 Å². The molecule has 30 heavy (non-hydrogen) atoms. The molecule has 1 fully saturated rings. The van der Waals surface area contributed by atoms with Gasteiger partial charge in [-0.2, -0.15) is 0 Å². The molecule has 0 spiro atoms. The molecule has 1 unspecified atom stereocenters. The van der Waals surface area contributed by atoms with Crippen molar-refractivity contribution in [2.45, 2.75) is 83.7 Å². The average Bonchev–Trinajstić information content (AvgIpc) is 3.02. The lowest BCUT2D eigenvalue weighted by atomic mass is 9.81. The highest BCUT2D eigenvalue weighted by atomic mass is 16.2. The van der Waals surface area contributed by atoms with Crippen LogP contribution < -0.4 is 16.7 Å². The second-order valence-corrected chi connectivity index (χ2v) is 8.57. The van der Waals surface area contributed by atoms with Gasteiger partial charge in [-0.05, 0) is 37.3 Å². The van der Waals surface area contributed by atoms with Gasteiger partial charge in [0.25, 0.3) is 0 Å². The van der Waals surface area contributed by atoms with Gasteiger partial charge in [-0.3, -0.25) is 9.36 Å². The van der Waals surface area contributed by atoms with Crippen LogP contribution in [0.15, 0.2) is 29.1 Å². The smallest absolute Gasteiger partial charge is 0.337 e. The molecule has 0 radical (unpaired) electrons. The van der Waals surface area contributed by atoms with E-state index < -0.39 is 17.5 Å². The zero-order valence-electron chi connectivity index (χ0n) is 18.2. The lowest BCUT2D eigenvalue weighted by molar-refractivity contribution is -0.125. The molecule has 1 atom stereocenters. The second-order valence-electron chi connectivity index (χ2n) is 8.57. The van der Waals surface area contributed by atoms with Crippen LogP contribution in [-0.2, 0) is 11.3 Å². The Morgan fingerprint density at radius 2 is 1.80 bits per heavy atom. The van der Waals surface area contributed by atoms with Crippen LogP contribution in [0.25, 0.3) is 11.0 Å². The fraction of sp³-hybridized carbons (Fsp3) is 0.609. The third kappa shape index (κ3) is 4.30. The third-order valence-corrected chi connectivity index (χ3v) is 6.55. The van der Waals surface area contributed by atoms with Crippen molar-refractivity contribution in [3.63, 3.8) is 0 Å². The number of primary amides is 1. The van der Waals surface area contributed by atoms with Crippen molar-refractivity contribution in [3.05, 3.63) is 34.7 Å². The van der Waals surface area contributed by atoms with Gasteiger partial charge in [-0.25, -0.2) is 14.2 Å². The van der Waals surface area contributed by atoms with E-state index in [1.54, 1.807) is 10.6 Å². The van der Waals surface area contributed by atoms with Crippen molar-refractivity contribution in [2.24, 2.45) is 11.7 Å². The Labute approximate surface area is 177 Å². The zero-order chi connectivity index (χ0) is 21.7. The first-order valence-corrected chi connectivity index (χ1v) is 11.3. The standard InChI is InChI=1S/C23H34N4O3/c1-3-5-11-17(4-2)16-26-18-12-7-8-13-19(18)27(22(26)30)21(29)25-23(20(24)28)14-9-6-10-15-23/h7-8,12-13,17H,3-6,9-11,14-16H2,1-2H3,(H2,24,28)(H,25,29). The number of amides is 2. The molecule has 1 aromatic carbocycles. The molecule has 0 saturated heterocycles. The van der Waals surface area contributed by atoms with Crippen LogP contribution in [0.4, 0.5) is 4.79 Å². The number of hydrogen-bond acceptors (Lipinski definition) is 3. The molecule has 0 bridgehead atoms. The summed E-state index contributed by atoms with van der Waals surface area (Å²) in [5.41, 5.74) is 5.52. The number of nitrogens with zero attached hydrogens (tertiary/aromatic N) is 2. The van der Waals surface area contributed by atoms with E-state index in [0.29, 0.717) is 30.8 Å². The van der Waals surface area contributed by atoms with Gasteiger partial charge in [0.1, 0.15) is 5.54 Å². The average molecular weight is 415 g/mol. The Bertz CT molecular complexity index is 953. The Morgan fingerprint density at radius 1 is 1.13 bits per heavy atom. The third-order valence-electron chi connectivity index (χ3n) is 6.55. The molecule has 7 heteroatoms. The van der Waals surface area contributed by atoms with Gasteiger partial charge in [0.15, 0.2) is 0 Å². The number of unbranched alkanes of at least 4 members (excludes halogenated alkanes) is 1. The maximum absolute atomic E-state index is 13.3. The number of benzene rings is 1. The van der Waals surface area contributed by atoms with Gasteiger partial charge >= 0.3 is 11.7 Å². The highest BCUT2D eigenvalue weighted by Crippen LogP contribution is 2.28. The van der Waals surface area contributed by atoms with Gasteiger partial charge in [0, 0.05) is 6.54 Å². The van der Waals surface area contributed by atoms with Crippen molar-refractivity contribution < 1.29 is 9.59 Å². The van der Waals surface area contributed by atoms with Crippen LogP contribution in [0.2, 0.25) is 0 Å². The highest BCUT2D eigenvalue weighted by molar-refractivity contribution is 5.94. The van der Waals surface area contributed by atoms with Crippen LogP contribution in [0.1, 0.15) is 71.6 Å². The Kier molecular flexibility index (Phi) is 7.00. The van der Waals surface area contributed by atoms with E-state index in [9.17, 15) is 14.4 Å². The molecule has 3 N–H and O–H groups in total. The minimum atomic E-state index is -1.08. The molecule has 1 heterocycles. The quantitative estimate of drug-likeness (QED) is 0.688. The van der Waals surface area contributed by atoms with E-state index in [0.717, 1.165) is 50.5 Å². The molecule has 7 nitrogen and oxygen atoms in total. The normalized spacial score (nSPS) is 17.0. The van der Waals surface area contributed by atoms with Crippen molar-refractivity contribution in [3.8, 4) is 0 Å². The summed E-state index contributed by atoms with van der Waals surface area (Å²) in [7, 11) is 0. The fourth-order valence-electron chi connectivity index (χ4n) is 4.61. The zero-order valence-corrected chi connectivity index (χ0v) is 18.2. The predicted octanol–water partition coefficient (Wildman–Crippen LogP) is 3.77. The molecule has 0 aliphatic heterocycles. The molecule has 164 valence electrons. The SMILES string of the molecule is CCCCC(CC)Cn1c(=O)n(C(=O)NC2(C(N)=O)CCCCC2)c2ccccc21. The van der Waals surface area contributed by atoms with E-state index in [4.69, 9.17) is 5.73 Å².